The summed E-state index contributed by atoms with van der Waals surface area (Å²) in [6, 6.07) is 23.5. The molecule has 5 rings (SSSR count). The van der Waals surface area contributed by atoms with Crippen LogP contribution < -0.4 is 5.32 Å². The lowest BCUT2D eigenvalue weighted by Gasteiger charge is -2.24. The van der Waals surface area contributed by atoms with Crippen LogP contribution in [0.1, 0.15) is 40.7 Å². The largest absolute Gasteiger partial charge is 0.322 e. The van der Waals surface area contributed by atoms with E-state index in [1.54, 1.807) is 0 Å². The quantitative estimate of drug-likeness (QED) is 0.461. The SMILES string of the molecule is N#CC1=C(CN2CCCC2)CCc2cc(NC(=O)c3ccc(-c4ccc(Cl)cc4)cc3)ccc21. The number of nitrogens with zero attached hydrogens (tertiary/aromatic N) is 2. The maximum atomic E-state index is 12.8. The van der Waals surface area contributed by atoms with Crippen molar-refractivity contribution in [1.82, 2.24) is 4.90 Å². The number of carbonyl (C=O) groups excluding carboxylic acids is 1. The van der Waals surface area contributed by atoms with Gasteiger partial charge in [-0.15, -0.1) is 0 Å². The molecule has 1 saturated heterocycles. The van der Waals surface area contributed by atoms with Gasteiger partial charge in [0.1, 0.15) is 0 Å². The van der Waals surface area contributed by atoms with E-state index in [1.165, 1.54) is 18.4 Å². The number of hydrogen-bond donors (Lipinski definition) is 1. The van der Waals surface area contributed by atoms with Crippen molar-refractivity contribution in [3.8, 4) is 17.2 Å². The molecule has 1 N–H and O–H groups in total. The number of amides is 1. The summed E-state index contributed by atoms with van der Waals surface area (Å²) in [6.45, 7) is 3.15. The fraction of sp³-hybridized carbons (Fsp3) is 0.241. The Morgan fingerprint density at radius 2 is 1.62 bits per heavy atom. The molecule has 1 heterocycles. The molecule has 1 amide bonds. The summed E-state index contributed by atoms with van der Waals surface area (Å²) in [4.78, 5) is 15.3. The van der Waals surface area contributed by atoms with Crippen LogP contribution in [0, 0.1) is 11.3 Å². The molecule has 1 fully saturated rings. The third-order valence-corrected chi connectivity index (χ3v) is 6.98. The van der Waals surface area contributed by atoms with E-state index in [9.17, 15) is 10.1 Å². The van der Waals surface area contributed by atoms with Gasteiger partial charge in [0.05, 0.1) is 11.6 Å². The van der Waals surface area contributed by atoms with Gasteiger partial charge in [-0.25, -0.2) is 0 Å². The second-order valence-corrected chi connectivity index (χ2v) is 9.42. The third kappa shape index (κ3) is 4.77. The van der Waals surface area contributed by atoms with Gasteiger partial charge >= 0.3 is 0 Å². The van der Waals surface area contributed by atoms with E-state index in [-0.39, 0.29) is 5.91 Å². The van der Waals surface area contributed by atoms with Crippen molar-refractivity contribution in [1.29, 1.82) is 5.26 Å². The summed E-state index contributed by atoms with van der Waals surface area (Å²) < 4.78 is 0. The molecule has 0 bridgehead atoms. The van der Waals surface area contributed by atoms with Crippen LogP contribution in [0.15, 0.2) is 72.3 Å². The third-order valence-electron chi connectivity index (χ3n) is 6.73. The first-order valence-corrected chi connectivity index (χ1v) is 12.1. The van der Waals surface area contributed by atoms with Crippen molar-refractivity contribution < 1.29 is 4.79 Å². The zero-order chi connectivity index (χ0) is 23.5. The smallest absolute Gasteiger partial charge is 0.255 e. The highest BCUT2D eigenvalue weighted by Gasteiger charge is 2.22. The molecule has 3 aromatic carbocycles. The van der Waals surface area contributed by atoms with Crippen LogP contribution in [-0.2, 0) is 6.42 Å². The molecule has 3 aromatic rings. The van der Waals surface area contributed by atoms with E-state index in [0.717, 1.165) is 66.0 Å². The van der Waals surface area contributed by atoms with Gasteiger partial charge in [0, 0.05) is 22.8 Å². The Balaban J connectivity index is 1.30. The number of carbonyl (C=O) groups is 1. The molecule has 5 heteroatoms. The number of benzene rings is 3. The number of nitriles is 1. The van der Waals surface area contributed by atoms with Gasteiger partial charge < -0.3 is 5.32 Å². The summed E-state index contributed by atoms with van der Waals surface area (Å²) in [5, 5.41) is 13.6. The molecule has 0 spiro atoms. The van der Waals surface area contributed by atoms with Crippen molar-refractivity contribution in [2.45, 2.75) is 25.7 Å². The van der Waals surface area contributed by atoms with E-state index in [2.05, 4.69) is 16.3 Å². The first kappa shape index (κ1) is 22.4. The van der Waals surface area contributed by atoms with Crippen molar-refractivity contribution in [2.75, 3.05) is 25.0 Å². The number of halogens is 1. The highest BCUT2D eigenvalue weighted by molar-refractivity contribution is 6.30. The first-order chi connectivity index (χ1) is 16.6. The molecule has 0 atom stereocenters. The molecule has 0 saturated carbocycles. The highest BCUT2D eigenvalue weighted by atomic mass is 35.5. The van der Waals surface area contributed by atoms with E-state index in [4.69, 9.17) is 11.6 Å². The molecule has 2 aliphatic rings. The maximum Gasteiger partial charge on any atom is 0.255 e. The summed E-state index contributed by atoms with van der Waals surface area (Å²) in [5.74, 6) is -0.149. The predicted molar refractivity (Wildman–Crippen MR) is 138 cm³/mol. The monoisotopic (exact) mass is 467 g/mol. The van der Waals surface area contributed by atoms with E-state index in [0.29, 0.717) is 10.6 Å². The zero-order valence-electron chi connectivity index (χ0n) is 19.0. The Kier molecular flexibility index (Phi) is 6.49. The molecule has 1 aliphatic carbocycles. The Bertz CT molecular complexity index is 1280. The average Bonchev–Trinajstić information content (AvgIpc) is 3.38. The van der Waals surface area contributed by atoms with Gasteiger partial charge in [0.25, 0.3) is 5.91 Å². The Labute approximate surface area is 205 Å². The second-order valence-electron chi connectivity index (χ2n) is 8.98. The average molecular weight is 468 g/mol. The van der Waals surface area contributed by atoms with E-state index >= 15 is 0 Å². The van der Waals surface area contributed by atoms with Crippen LogP contribution >= 0.6 is 11.6 Å². The summed E-state index contributed by atoms with van der Waals surface area (Å²) in [6.07, 6.45) is 4.29. The van der Waals surface area contributed by atoms with Gasteiger partial charge in [-0.05, 0) is 103 Å². The molecule has 0 unspecified atom stereocenters. The minimum Gasteiger partial charge on any atom is -0.322 e. The zero-order valence-corrected chi connectivity index (χ0v) is 19.7. The standard InChI is InChI=1S/C29H26ClN3O/c30-25-11-9-21(10-12-25)20-3-5-22(6-4-20)29(34)32-26-13-14-27-23(17-26)7-8-24(28(27)18-31)19-33-15-1-2-16-33/h3-6,9-14,17H,1-2,7-8,15-16,19H2,(H,32,34). The number of likely N-dealkylation sites (tertiary alicyclic amines) is 1. The summed E-state index contributed by atoms with van der Waals surface area (Å²) in [7, 11) is 0. The lowest BCUT2D eigenvalue weighted by Crippen LogP contribution is -2.24. The van der Waals surface area contributed by atoms with Gasteiger partial charge in [0.2, 0.25) is 0 Å². The summed E-state index contributed by atoms with van der Waals surface area (Å²) >= 11 is 5.97. The van der Waals surface area contributed by atoms with Gasteiger partial charge in [-0.3, -0.25) is 9.69 Å². The Morgan fingerprint density at radius 3 is 2.29 bits per heavy atom. The van der Waals surface area contributed by atoms with Crippen LogP contribution in [0.2, 0.25) is 5.02 Å². The minimum absolute atomic E-state index is 0.149. The number of rotatable bonds is 5. The predicted octanol–water partition coefficient (Wildman–Crippen LogP) is 6.58. The van der Waals surface area contributed by atoms with Crippen molar-refractivity contribution in [2.24, 2.45) is 0 Å². The molecular weight excluding hydrogens is 442 g/mol. The molecule has 0 radical (unpaired) electrons. The molecule has 1 aliphatic heterocycles. The van der Waals surface area contributed by atoms with Crippen molar-refractivity contribution >= 4 is 28.8 Å². The van der Waals surface area contributed by atoms with Crippen molar-refractivity contribution in [3.63, 3.8) is 0 Å². The lowest BCUT2D eigenvalue weighted by atomic mass is 9.85. The molecular formula is C29H26ClN3O. The van der Waals surface area contributed by atoms with Crippen molar-refractivity contribution in [3.05, 3.63) is 94.0 Å². The normalized spacial score (nSPS) is 15.6. The number of hydrogen-bond acceptors (Lipinski definition) is 3. The highest BCUT2D eigenvalue weighted by Crippen LogP contribution is 2.33. The lowest BCUT2D eigenvalue weighted by molar-refractivity contribution is 0.102. The van der Waals surface area contributed by atoms with Crippen LogP contribution in [0.5, 0.6) is 0 Å². The fourth-order valence-electron chi connectivity index (χ4n) is 4.89. The topological polar surface area (TPSA) is 56.1 Å². The number of aryl methyl sites for hydroxylation is 1. The molecule has 0 aromatic heterocycles. The second kappa shape index (κ2) is 9.85. The fourth-order valence-corrected chi connectivity index (χ4v) is 5.02. The van der Waals surface area contributed by atoms with E-state index in [1.807, 2.05) is 66.7 Å². The minimum atomic E-state index is -0.149. The molecule has 170 valence electrons. The number of allylic oxidation sites excluding steroid dienone is 1. The van der Waals surface area contributed by atoms with Crippen LogP contribution in [-0.4, -0.2) is 30.4 Å². The van der Waals surface area contributed by atoms with Crippen LogP contribution in [0.3, 0.4) is 0 Å². The Morgan fingerprint density at radius 1 is 0.941 bits per heavy atom. The summed E-state index contributed by atoms with van der Waals surface area (Å²) in [5.41, 5.74) is 7.62. The van der Waals surface area contributed by atoms with E-state index < -0.39 is 0 Å². The Hall–Kier alpha value is -3.39. The maximum absolute atomic E-state index is 12.8. The van der Waals surface area contributed by atoms with Gasteiger partial charge in [0.15, 0.2) is 0 Å². The first-order valence-electron chi connectivity index (χ1n) is 11.8. The van der Waals surface area contributed by atoms with Gasteiger partial charge in [-0.1, -0.05) is 41.9 Å². The molecule has 4 nitrogen and oxygen atoms in total. The number of anilines is 1. The van der Waals surface area contributed by atoms with Gasteiger partial charge in [-0.2, -0.15) is 5.26 Å². The number of fused-ring (bicyclic) bond motifs is 1. The van der Waals surface area contributed by atoms with Crippen LogP contribution in [0.4, 0.5) is 5.69 Å². The van der Waals surface area contributed by atoms with Crippen LogP contribution in [0.25, 0.3) is 16.7 Å². The number of nitrogens with one attached hydrogen (secondary N) is 1. The molecule has 34 heavy (non-hydrogen) atoms.